The number of carbonyl (C=O) groups excluding carboxylic acids is 2. The Hall–Kier alpha value is -3.46. The Morgan fingerprint density at radius 3 is 2.41 bits per heavy atom. The third-order valence-electron chi connectivity index (χ3n) is 7.43. The molecule has 8 nitrogen and oxygen atoms in total. The molecular formula is C27H28ClFN4O4. The number of benzene rings is 2. The van der Waals surface area contributed by atoms with Crippen LogP contribution in [0.4, 0.5) is 4.39 Å². The molecule has 2 fully saturated rings. The first-order valence-corrected chi connectivity index (χ1v) is 13.0. The average Bonchev–Trinajstić information content (AvgIpc) is 2.91. The maximum Gasteiger partial charge on any atom is 0.329 e. The minimum Gasteiger partial charge on any atom is -0.339 e. The molecule has 10 heteroatoms. The summed E-state index contributed by atoms with van der Waals surface area (Å²) in [6.07, 6.45) is 5.25. The summed E-state index contributed by atoms with van der Waals surface area (Å²) in [5.41, 5.74) is -0.617. The molecule has 3 aromatic rings. The van der Waals surface area contributed by atoms with Gasteiger partial charge in [0.1, 0.15) is 5.82 Å². The smallest absolute Gasteiger partial charge is 0.329 e. The number of piperazine rings is 1. The Labute approximate surface area is 217 Å². The van der Waals surface area contributed by atoms with Gasteiger partial charge in [-0.05, 0) is 43.2 Å². The third-order valence-corrected chi connectivity index (χ3v) is 7.74. The molecule has 37 heavy (non-hydrogen) atoms. The number of nitrogens with zero attached hydrogens (tertiary/aromatic N) is 3. The number of rotatable bonds is 4. The van der Waals surface area contributed by atoms with Crippen molar-refractivity contribution in [1.82, 2.24) is 19.4 Å². The summed E-state index contributed by atoms with van der Waals surface area (Å²) >= 11 is 6.16. The second-order valence-electron chi connectivity index (χ2n) is 9.74. The van der Waals surface area contributed by atoms with Crippen LogP contribution < -0.4 is 11.2 Å². The molecule has 2 aliphatic rings. The van der Waals surface area contributed by atoms with Crippen LogP contribution in [-0.4, -0.2) is 57.3 Å². The van der Waals surface area contributed by atoms with Crippen LogP contribution in [0.25, 0.3) is 10.9 Å². The average molecular weight is 527 g/mol. The highest BCUT2D eigenvalue weighted by Gasteiger charge is 2.30. The van der Waals surface area contributed by atoms with Gasteiger partial charge in [-0.2, -0.15) is 0 Å². The monoisotopic (exact) mass is 526 g/mol. The zero-order valence-corrected chi connectivity index (χ0v) is 21.1. The van der Waals surface area contributed by atoms with E-state index in [9.17, 15) is 23.6 Å². The first-order chi connectivity index (χ1) is 17.8. The number of hydrogen-bond donors (Lipinski definition) is 1. The number of aromatic nitrogens is 2. The van der Waals surface area contributed by atoms with E-state index in [1.165, 1.54) is 35.3 Å². The lowest BCUT2D eigenvalue weighted by Crippen LogP contribution is -2.52. The summed E-state index contributed by atoms with van der Waals surface area (Å²) in [6, 6.07) is 8.78. The molecule has 1 saturated carbocycles. The number of H-pyrrole nitrogens is 1. The van der Waals surface area contributed by atoms with Crippen molar-refractivity contribution in [2.45, 2.75) is 38.6 Å². The predicted molar refractivity (Wildman–Crippen MR) is 138 cm³/mol. The van der Waals surface area contributed by atoms with E-state index in [1.807, 2.05) is 4.90 Å². The molecule has 1 aliphatic heterocycles. The van der Waals surface area contributed by atoms with Crippen LogP contribution in [0.2, 0.25) is 5.02 Å². The van der Waals surface area contributed by atoms with Gasteiger partial charge in [0.15, 0.2) is 0 Å². The normalized spacial score (nSPS) is 16.8. The van der Waals surface area contributed by atoms with Gasteiger partial charge in [0.25, 0.3) is 11.5 Å². The van der Waals surface area contributed by atoms with Crippen LogP contribution >= 0.6 is 11.6 Å². The van der Waals surface area contributed by atoms with Crippen LogP contribution in [0, 0.1) is 11.7 Å². The van der Waals surface area contributed by atoms with Gasteiger partial charge in [-0.15, -0.1) is 0 Å². The highest BCUT2D eigenvalue weighted by atomic mass is 35.5. The molecule has 5 rings (SSSR count). The van der Waals surface area contributed by atoms with Crippen molar-refractivity contribution >= 4 is 34.3 Å². The number of fused-ring (bicyclic) bond motifs is 1. The van der Waals surface area contributed by atoms with Gasteiger partial charge in [0.05, 0.1) is 22.5 Å². The fourth-order valence-electron chi connectivity index (χ4n) is 5.38. The Balaban J connectivity index is 1.33. The molecule has 2 aromatic carbocycles. The van der Waals surface area contributed by atoms with E-state index in [4.69, 9.17) is 11.6 Å². The Morgan fingerprint density at radius 1 is 0.973 bits per heavy atom. The zero-order chi connectivity index (χ0) is 26.1. The highest BCUT2D eigenvalue weighted by Crippen LogP contribution is 2.26. The second-order valence-corrected chi connectivity index (χ2v) is 10.1. The molecule has 2 heterocycles. The Kier molecular flexibility index (Phi) is 7.15. The van der Waals surface area contributed by atoms with Crippen LogP contribution in [0.5, 0.6) is 0 Å². The standard InChI is InChI=1S/C27H28ClFN4O4/c28-20-7-4-8-22-23(20)24(34)30-27(37)33(22)16-19-15-18(9-10-21(19)29)26(36)32-13-11-31(12-14-32)25(35)17-5-2-1-3-6-17/h4,7-10,15,17H,1-3,5-6,11-14,16H2,(H,30,34,37). The zero-order valence-electron chi connectivity index (χ0n) is 20.3. The molecule has 1 saturated heterocycles. The van der Waals surface area contributed by atoms with Crippen LogP contribution in [0.3, 0.4) is 0 Å². The van der Waals surface area contributed by atoms with E-state index in [1.54, 1.807) is 17.0 Å². The molecule has 0 spiro atoms. The lowest BCUT2D eigenvalue weighted by Gasteiger charge is -2.37. The summed E-state index contributed by atoms with van der Waals surface area (Å²) in [6.45, 7) is 1.59. The molecule has 0 unspecified atom stereocenters. The van der Waals surface area contributed by atoms with E-state index < -0.39 is 17.1 Å². The summed E-state index contributed by atoms with van der Waals surface area (Å²) in [4.78, 5) is 56.7. The van der Waals surface area contributed by atoms with Crippen molar-refractivity contribution in [3.8, 4) is 0 Å². The fourth-order valence-corrected chi connectivity index (χ4v) is 5.63. The fraction of sp³-hybridized carbons (Fsp3) is 0.407. The van der Waals surface area contributed by atoms with Crippen LogP contribution in [0.15, 0.2) is 46.0 Å². The van der Waals surface area contributed by atoms with Crippen LogP contribution in [0.1, 0.15) is 48.0 Å². The molecule has 194 valence electrons. The first kappa shape index (κ1) is 25.2. The lowest BCUT2D eigenvalue weighted by atomic mass is 9.88. The molecule has 1 aromatic heterocycles. The Morgan fingerprint density at radius 2 is 1.68 bits per heavy atom. The third kappa shape index (κ3) is 5.05. The maximum absolute atomic E-state index is 14.8. The molecule has 1 N–H and O–H groups in total. The van der Waals surface area contributed by atoms with E-state index >= 15 is 0 Å². The van der Waals surface area contributed by atoms with Crippen molar-refractivity contribution < 1.29 is 14.0 Å². The summed E-state index contributed by atoms with van der Waals surface area (Å²) < 4.78 is 16.0. The van der Waals surface area contributed by atoms with Crippen LogP contribution in [-0.2, 0) is 11.3 Å². The van der Waals surface area contributed by atoms with Crippen molar-refractivity contribution in [3.05, 3.63) is 79.2 Å². The minimum atomic E-state index is -0.699. The van der Waals surface area contributed by atoms with Gasteiger partial charge in [0, 0.05) is 43.2 Å². The molecule has 0 atom stereocenters. The van der Waals surface area contributed by atoms with E-state index in [0.29, 0.717) is 31.7 Å². The quantitative estimate of drug-likeness (QED) is 0.563. The predicted octanol–water partition coefficient (Wildman–Crippen LogP) is 3.40. The number of halogens is 2. The Bertz CT molecular complexity index is 1470. The van der Waals surface area contributed by atoms with Crippen molar-refractivity contribution in [1.29, 1.82) is 0 Å². The van der Waals surface area contributed by atoms with E-state index in [-0.39, 0.29) is 45.8 Å². The molecule has 2 amide bonds. The number of carbonyl (C=O) groups is 2. The molecule has 1 aliphatic carbocycles. The van der Waals surface area contributed by atoms with Gasteiger partial charge in [-0.3, -0.25) is 23.9 Å². The van der Waals surface area contributed by atoms with Gasteiger partial charge in [-0.25, -0.2) is 9.18 Å². The molecular weight excluding hydrogens is 499 g/mol. The van der Waals surface area contributed by atoms with Gasteiger partial charge < -0.3 is 9.80 Å². The highest BCUT2D eigenvalue weighted by molar-refractivity contribution is 6.35. The van der Waals surface area contributed by atoms with E-state index in [0.717, 1.165) is 25.7 Å². The summed E-state index contributed by atoms with van der Waals surface area (Å²) in [7, 11) is 0. The van der Waals surface area contributed by atoms with Crippen molar-refractivity contribution in [3.63, 3.8) is 0 Å². The second kappa shape index (κ2) is 10.5. The number of aromatic amines is 1. The minimum absolute atomic E-state index is 0.0953. The topological polar surface area (TPSA) is 95.5 Å². The molecule has 0 radical (unpaired) electrons. The van der Waals surface area contributed by atoms with Gasteiger partial charge >= 0.3 is 5.69 Å². The number of hydrogen-bond acceptors (Lipinski definition) is 4. The SMILES string of the molecule is O=C(c1ccc(F)c(Cn2c(=O)[nH]c(=O)c3c(Cl)cccc32)c1)N1CCN(C(=O)C2CCCCC2)CC1. The van der Waals surface area contributed by atoms with Crippen molar-refractivity contribution in [2.75, 3.05) is 26.2 Å². The van der Waals surface area contributed by atoms with Gasteiger partial charge in [-0.1, -0.05) is 36.9 Å². The summed E-state index contributed by atoms with van der Waals surface area (Å²) in [5, 5.41) is 0.315. The first-order valence-electron chi connectivity index (χ1n) is 12.6. The number of nitrogens with one attached hydrogen (secondary N) is 1. The largest absolute Gasteiger partial charge is 0.339 e. The maximum atomic E-state index is 14.8. The van der Waals surface area contributed by atoms with Gasteiger partial charge in [0.2, 0.25) is 5.91 Å². The lowest BCUT2D eigenvalue weighted by molar-refractivity contribution is -0.138. The summed E-state index contributed by atoms with van der Waals surface area (Å²) in [5.74, 6) is -0.548. The van der Waals surface area contributed by atoms with Crippen molar-refractivity contribution in [2.24, 2.45) is 5.92 Å². The molecule has 0 bridgehead atoms. The van der Waals surface area contributed by atoms with E-state index in [2.05, 4.69) is 4.98 Å². The number of amides is 2.